The van der Waals surface area contributed by atoms with Gasteiger partial charge < -0.3 is 19.7 Å². The number of imidazole rings is 1. The predicted octanol–water partition coefficient (Wildman–Crippen LogP) is 1.000. The molecule has 0 bridgehead atoms. The van der Waals surface area contributed by atoms with Gasteiger partial charge in [-0.1, -0.05) is 22.6 Å². The van der Waals surface area contributed by atoms with Crippen LogP contribution >= 0.6 is 22.6 Å². The van der Waals surface area contributed by atoms with Gasteiger partial charge in [0, 0.05) is 26.2 Å². The number of nitrogens with one attached hydrogen (secondary N) is 1. The van der Waals surface area contributed by atoms with Crippen molar-refractivity contribution in [2.45, 2.75) is 17.7 Å². The number of fused-ring (bicyclic) bond motifs is 1. The molecular formula is C13H19IN6O2. The minimum absolute atomic E-state index is 0.311. The molecule has 3 heterocycles. The fourth-order valence-corrected chi connectivity index (χ4v) is 3.25. The zero-order valence-electron chi connectivity index (χ0n) is 12.6. The molecule has 22 heavy (non-hydrogen) atoms. The van der Waals surface area contributed by atoms with E-state index >= 15 is 0 Å². The second-order valence-electron chi connectivity index (χ2n) is 4.87. The van der Waals surface area contributed by atoms with Crippen LogP contribution in [-0.2, 0) is 11.5 Å². The van der Waals surface area contributed by atoms with Crippen LogP contribution in [-0.4, -0.2) is 56.9 Å². The van der Waals surface area contributed by atoms with E-state index in [0.717, 1.165) is 36.6 Å². The Morgan fingerprint density at radius 2 is 2.32 bits per heavy atom. The van der Waals surface area contributed by atoms with Crippen molar-refractivity contribution < 1.29 is 9.47 Å². The van der Waals surface area contributed by atoms with Crippen LogP contribution < -0.4 is 15.0 Å². The highest BCUT2D eigenvalue weighted by molar-refractivity contribution is 14.1. The van der Waals surface area contributed by atoms with Crippen molar-refractivity contribution in [1.82, 2.24) is 24.8 Å². The molecule has 1 N–H and O–H groups in total. The molecule has 0 spiro atoms. The van der Waals surface area contributed by atoms with E-state index in [1.807, 2.05) is 11.5 Å². The molecule has 0 aliphatic carbocycles. The normalized spacial score (nSPS) is 18.9. The summed E-state index contributed by atoms with van der Waals surface area (Å²) >= 11 is 2.41. The average molecular weight is 418 g/mol. The van der Waals surface area contributed by atoms with Gasteiger partial charge in [-0.15, -0.1) is 0 Å². The molecule has 0 amide bonds. The second-order valence-corrected chi connectivity index (χ2v) is 6.31. The van der Waals surface area contributed by atoms with E-state index in [9.17, 15) is 0 Å². The highest BCUT2D eigenvalue weighted by Gasteiger charge is 2.25. The minimum Gasteiger partial charge on any atom is -0.467 e. The van der Waals surface area contributed by atoms with Crippen LogP contribution in [0, 0.1) is 0 Å². The van der Waals surface area contributed by atoms with Gasteiger partial charge in [-0.2, -0.15) is 9.97 Å². The lowest BCUT2D eigenvalue weighted by Crippen LogP contribution is -2.48. The maximum atomic E-state index is 5.46. The lowest BCUT2D eigenvalue weighted by molar-refractivity contribution is 0.0901. The molecule has 1 saturated heterocycles. The van der Waals surface area contributed by atoms with Gasteiger partial charge in [-0.25, -0.2) is 4.98 Å². The van der Waals surface area contributed by atoms with Crippen LogP contribution in [0.4, 0.5) is 5.82 Å². The number of nitrogens with zero attached hydrogens (tertiary/aromatic N) is 5. The molecule has 2 aromatic heterocycles. The fourth-order valence-electron chi connectivity index (χ4n) is 2.40. The number of rotatable bonds is 5. The van der Waals surface area contributed by atoms with Gasteiger partial charge >= 0.3 is 6.01 Å². The number of aromatic nitrogens is 4. The monoisotopic (exact) mass is 418 g/mol. The van der Waals surface area contributed by atoms with Crippen LogP contribution in [0.1, 0.15) is 6.92 Å². The predicted molar refractivity (Wildman–Crippen MR) is 91.5 cm³/mol. The van der Waals surface area contributed by atoms with E-state index in [0.29, 0.717) is 23.4 Å². The third kappa shape index (κ3) is 2.97. The van der Waals surface area contributed by atoms with E-state index < -0.39 is 0 Å². The van der Waals surface area contributed by atoms with E-state index in [1.165, 1.54) is 0 Å². The summed E-state index contributed by atoms with van der Waals surface area (Å²) in [5.74, 6) is 0.818. The van der Waals surface area contributed by atoms with Gasteiger partial charge in [0.2, 0.25) is 0 Å². The Morgan fingerprint density at radius 1 is 1.45 bits per heavy atom. The molecule has 0 aromatic carbocycles. The molecular weight excluding hydrogens is 399 g/mol. The smallest absolute Gasteiger partial charge is 0.320 e. The lowest BCUT2D eigenvalue weighted by atomic mass is 10.3. The topological polar surface area (TPSA) is 77.3 Å². The highest BCUT2D eigenvalue weighted by atomic mass is 127. The Hall–Kier alpha value is -1.20. The molecule has 3 rings (SSSR count). The van der Waals surface area contributed by atoms with Crippen molar-refractivity contribution in [3.8, 4) is 6.01 Å². The third-order valence-electron chi connectivity index (χ3n) is 3.49. The molecule has 9 heteroatoms. The van der Waals surface area contributed by atoms with E-state index in [2.05, 4.69) is 47.8 Å². The summed E-state index contributed by atoms with van der Waals surface area (Å²) in [6, 6.07) is 0.350. The number of piperazine rings is 1. The van der Waals surface area contributed by atoms with Crippen molar-refractivity contribution in [2.75, 3.05) is 38.3 Å². The molecule has 0 radical (unpaired) electrons. The number of anilines is 1. The average Bonchev–Trinajstić information content (AvgIpc) is 2.95. The first-order valence-electron chi connectivity index (χ1n) is 7.20. The first-order chi connectivity index (χ1) is 10.7. The first kappa shape index (κ1) is 15.7. The Bertz CT molecular complexity index is 649. The van der Waals surface area contributed by atoms with Crippen molar-refractivity contribution in [3.63, 3.8) is 0 Å². The molecule has 120 valence electrons. The third-order valence-corrected chi connectivity index (χ3v) is 4.61. The Kier molecular flexibility index (Phi) is 4.93. The summed E-state index contributed by atoms with van der Waals surface area (Å²) in [7, 11) is 1.58. The van der Waals surface area contributed by atoms with Crippen LogP contribution in [0.3, 0.4) is 0 Å². The Labute approximate surface area is 142 Å². The second kappa shape index (κ2) is 6.92. The SMILES string of the molecule is CCOCn1cnc2c(N3CCNCC3I)nc(OC)nc21. The first-order valence-corrected chi connectivity index (χ1v) is 8.45. The summed E-state index contributed by atoms with van der Waals surface area (Å²) in [5.41, 5.74) is 1.52. The number of alkyl halides is 1. The Balaban J connectivity index is 2.06. The fraction of sp³-hybridized carbons (Fsp3) is 0.615. The number of hydrogen-bond acceptors (Lipinski definition) is 7. The van der Waals surface area contributed by atoms with Gasteiger partial charge in [0.05, 0.1) is 17.5 Å². The van der Waals surface area contributed by atoms with Gasteiger partial charge in [0.1, 0.15) is 6.73 Å². The summed E-state index contributed by atoms with van der Waals surface area (Å²) in [6.45, 7) is 5.73. The van der Waals surface area contributed by atoms with Crippen molar-refractivity contribution >= 4 is 39.6 Å². The molecule has 1 unspecified atom stereocenters. The van der Waals surface area contributed by atoms with Gasteiger partial charge in [-0.3, -0.25) is 4.57 Å². The van der Waals surface area contributed by atoms with Crippen molar-refractivity contribution in [1.29, 1.82) is 0 Å². The van der Waals surface area contributed by atoms with Crippen LogP contribution in [0.2, 0.25) is 0 Å². The lowest BCUT2D eigenvalue weighted by Gasteiger charge is -2.33. The van der Waals surface area contributed by atoms with Crippen LogP contribution in [0.25, 0.3) is 11.2 Å². The minimum atomic E-state index is 0.311. The maximum absolute atomic E-state index is 5.46. The molecule has 1 fully saturated rings. The Morgan fingerprint density at radius 3 is 3.05 bits per heavy atom. The summed E-state index contributed by atoms with van der Waals surface area (Å²) in [5, 5.41) is 3.37. The largest absolute Gasteiger partial charge is 0.467 e. The zero-order chi connectivity index (χ0) is 15.5. The zero-order valence-corrected chi connectivity index (χ0v) is 14.8. The molecule has 0 saturated carbocycles. The molecule has 1 aliphatic heterocycles. The number of halogens is 1. The number of ether oxygens (including phenoxy) is 2. The van der Waals surface area contributed by atoms with Gasteiger partial charge in [-0.05, 0) is 6.92 Å². The van der Waals surface area contributed by atoms with Crippen molar-refractivity contribution in [2.24, 2.45) is 0 Å². The summed E-state index contributed by atoms with van der Waals surface area (Å²) in [6.07, 6.45) is 1.74. The van der Waals surface area contributed by atoms with Crippen LogP contribution in [0.15, 0.2) is 6.33 Å². The van der Waals surface area contributed by atoms with Crippen LogP contribution in [0.5, 0.6) is 6.01 Å². The quantitative estimate of drug-likeness (QED) is 0.441. The summed E-state index contributed by atoms with van der Waals surface area (Å²) < 4.78 is 12.9. The van der Waals surface area contributed by atoms with E-state index in [-0.39, 0.29) is 0 Å². The molecule has 8 nitrogen and oxygen atoms in total. The number of methoxy groups -OCH3 is 1. The molecule has 1 atom stereocenters. The van der Waals surface area contributed by atoms with E-state index in [4.69, 9.17) is 9.47 Å². The summed E-state index contributed by atoms with van der Waals surface area (Å²) in [4.78, 5) is 15.7. The van der Waals surface area contributed by atoms with E-state index in [1.54, 1.807) is 13.4 Å². The maximum Gasteiger partial charge on any atom is 0.320 e. The standard InChI is InChI=1S/C13H19IN6O2/c1-3-22-8-19-7-16-10-11(19)17-13(21-2)18-12(10)20-5-4-15-6-9(20)14/h7,9,15H,3-6,8H2,1-2H3. The van der Waals surface area contributed by atoms with Gasteiger partial charge in [0.25, 0.3) is 0 Å². The van der Waals surface area contributed by atoms with Gasteiger partial charge in [0.15, 0.2) is 17.0 Å². The van der Waals surface area contributed by atoms with Crippen molar-refractivity contribution in [3.05, 3.63) is 6.33 Å². The molecule has 1 aliphatic rings. The highest BCUT2D eigenvalue weighted by Crippen LogP contribution is 2.28. The number of hydrogen-bond donors (Lipinski definition) is 1. The molecule has 2 aromatic rings.